The van der Waals surface area contributed by atoms with Crippen molar-refractivity contribution in [3.8, 4) is 0 Å². The Morgan fingerprint density at radius 3 is 2.62 bits per heavy atom. The van der Waals surface area contributed by atoms with Crippen LogP contribution in [-0.4, -0.2) is 51.1 Å². The highest BCUT2D eigenvalue weighted by Crippen LogP contribution is 2.37. The van der Waals surface area contributed by atoms with Crippen molar-refractivity contribution in [3.63, 3.8) is 0 Å². The molecule has 0 radical (unpaired) electrons. The van der Waals surface area contributed by atoms with Gasteiger partial charge in [-0.15, -0.1) is 11.3 Å². The molecule has 0 aliphatic carbocycles. The number of nitrogens with zero attached hydrogens (tertiary/aromatic N) is 1. The van der Waals surface area contributed by atoms with Crippen LogP contribution < -0.4 is 5.32 Å². The maximum absolute atomic E-state index is 12.5. The van der Waals surface area contributed by atoms with Gasteiger partial charge in [0.05, 0.1) is 23.3 Å². The molecule has 3 rings (SSSR count). The van der Waals surface area contributed by atoms with E-state index >= 15 is 0 Å². The van der Waals surface area contributed by atoms with Crippen molar-refractivity contribution in [1.29, 1.82) is 0 Å². The number of benzene rings is 1. The second-order valence-electron chi connectivity index (χ2n) is 6.75. The predicted octanol–water partition coefficient (Wildman–Crippen LogP) is 2.72. The zero-order valence-corrected chi connectivity index (χ0v) is 18.1. The molecule has 1 aliphatic rings. The minimum absolute atomic E-state index is 0.189. The Balaban J connectivity index is 1.75. The van der Waals surface area contributed by atoms with Crippen molar-refractivity contribution in [2.45, 2.75) is 31.2 Å². The summed E-state index contributed by atoms with van der Waals surface area (Å²) in [5.74, 6) is -1.23. The summed E-state index contributed by atoms with van der Waals surface area (Å²) in [6, 6.07) is 8.04. The van der Waals surface area contributed by atoms with Crippen LogP contribution in [0, 0.1) is 0 Å². The lowest BCUT2D eigenvalue weighted by Crippen LogP contribution is -2.30. The molecule has 9 heteroatoms. The molecule has 0 fully saturated rings. The number of carbonyl (C=O) groups is 2. The third-order valence-corrected chi connectivity index (χ3v) is 7.79. The van der Waals surface area contributed by atoms with E-state index in [0.29, 0.717) is 17.0 Å². The number of anilines is 1. The molecular weight excluding hydrogens is 412 g/mol. The van der Waals surface area contributed by atoms with Crippen molar-refractivity contribution in [3.05, 3.63) is 46.3 Å². The van der Waals surface area contributed by atoms with E-state index in [-0.39, 0.29) is 17.1 Å². The van der Waals surface area contributed by atoms with Gasteiger partial charge in [-0.25, -0.2) is 13.2 Å². The zero-order chi connectivity index (χ0) is 21.0. The molecule has 2 heterocycles. The molecule has 0 spiro atoms. The third kappa shape index (κ3) is 4.85. The van der Waals surface area contributed by atoms with Crippen LogP contribution in [0.5, 0.6) is 0 Å². The number of hydrogen-bond acceptors (Lipinski definition) is 7. The Morgan fingerprint density at radius 2 is 1.97 bits per heavy atom. The third-order valence-electron chi connectivity index (χ3n) is 4.93. The minimum atomic E-state index is -3.55. The van der Waals surface area contributed by atoms with E-state index in [1.54, 1.807) is 18.2 Å². The monoisotopic (exact) mass is 436 g/mol. The van der Waals surface area contributed by atoms with E-state index in [1.807, 2.05) is 0 Å². The van der Waals surface area contributed by atoms with Gasteiger partial charge >= 0.3 is 5.97 Å². The van der Waals surface area contributed by atoms with E-state index in [4.69, 9.17) is 4.74 Å². The number of sulfone groups is 1. The summed E-state index contributed by atoms with van der Waals surface area (Å²) in [6.45, 7) is 4.55. The fourth-order valence-electron chi connectivity index (χ4n) is 3.29. The van der Waals surface area contributed by atoms with Crippen molar-refractivity contribution >= 4 is 38.1 Å². The summed E-state index contributed by atoms with van der Waals surface area (Å²) in [5.41, 5.74) is 1.31. The zero-order valence-electron chi connectivity index (χ0n) is 16.4. The lowest BCUT2D eigenvalue weighted by molar-refractivity contribution is -0.115. The summed E-state index contributed by atoms with van der Waals surface area (Å²) in [5, 5.41) is 3.17. The molecule has 0 bridgehead atoms. The van der Waals surface area contributed by atoms with Gasteiger partial charge in [-0.1, -0.05) is 25.1 Å². The number of fused-ring (bicyclic) bond motifs is 1. The van der Waals surface area contributed by atoms with E-state index in [0.717, 1.165) is 30.1 Å². The summed E-state index contributed by atoms with van der Waals surface area (Å²) in [6.07, 6.45) is 0.518. The minimum Gasteiger partial charge on any atom is -0.465 e. The number of esters is 1. The highest BCUT2D eigenvalue weighted by atomic mass is 32.2. The topological polar surface area (TPSA) is 92.8 Å². The number of likely N-dealkylation sites (N-methyl/N-ethyl adjacent to an activating group) is 1. The van der Waals surface area contributed by atoms with Gasteiger partial charge in [0.1, 0.15) is 5.00 Å². The molecule has 156 valence electrons. The maximum Gasteiger partial charge on any atom is 0.341 e. The molecule has 7 nitrogen and oxygen atoms in total. The molecule has 0 atom stereocenters. The summed E-state index contributed by atoms with van der Waals surface area (Å²) < 4.78 is 29.7. The number of thiophene rings is 1. The van der Waals surface area contributed by atoms with Gasteiger partial charge in [-0.2, -0.15) is 0 Å². The molecule has 0 saturated heterocycles. The van der Waals surface area contributed by atoms with Crippen LogP contribution in [-0.2, 0) is 32.3 Å². The predicted molar refractivity (Wildman–Crippen MR) is 112 cm³/mol. The average Bonchev–Trinajstić information content (AvgIpc) is 3.09. The molecule has 2 aromatic rings. The molecule has 29 heavy (non-hydrogen) atoms. The van der Waals surface area contributed by atoms with Crippen LogP contribution in [0.15, 0.2) is 35.2 Å². The van der Waals surface area contributed by atoms with Crippen LogP contribution in [0.2, 0.25) is 0 Å². The molecule has 0 unspecified atom stereocenters. The van der Waals surface area contributed by atoms with Gasteiger partial charge in [0.15, 0.2) is 9.84 Å². The van der Waals surface area contributed by atoms with Crippen molar-refractivity contribution in [1.82, 2.24) is 4.90 Å². The molecule has 1 aromatic heterocycles. The Morgan fingerprint density at radius 1 is 1.24 bits per heavy atom. The number of nitrogens with one attached hydrogen (secondary N) is 1. The number of amides is 1. The van der Waals surface area contributed by atoms with E-state index in [1.165, 1.54) is 30.6 Å². The first-order valence-electron chi connectivity index (χ1n) is 9.38. The van der Waals surface area contributed by atoms with Gasteiger partial charge in [-0.05, 0) is 30.7 Å². The van der Waals surface area contributed by atoms with Gasteiger partial charge in [0.25, 0.3) is 0 Å². The molecular formula is C20H24N2O5S2. The summed E-state index contributed by atoms with van der Waals surface area (Å²) in [7, 11) is -2.24. The van der Waals surface area contributed by atoms with E-state index in [9.17, 15) is 18.0 Å². The van der Waals surface area contributed by atoms with E-state index in [2.05, 4.69) is 17.1 Å². The smallest absolute Gasteiger partial charge is 0.341 e. The van der Waals surface area contributed by atoms with Crippen LogP contribution in [0.4, 0.5) is 5.00 Å². The number of methoxy groups -OCH3 is 1. The van der Waals surface area contributed by atoms with Gasteiger partial charge < -0.3 is 10.1 Å². The largest absolute Gasteiger partial charge is 0.465 e. The maximum atomic E-state index is 12.5. The Hall–Kier alpha value is -2.23. The molecule has 1 aromatic carbocycles. The Bertz CT molecular complexity index is 999. The number of carbonyl (C=O) groups excluding carboxylic acids is 2. The Labute approximate surface area is 174 Å². The standard InChI is InChI=1S/C20H24N2O5S2/c1-3-22-11-9-15-16(13-22)28-19(18(15)20(24)27-2)21-17(23)10-12-29(25,26)14-7-5-4-6-8-14/h4-8H,3,9-13H2,1-2H3,(H,21,23). The van der Waals surface area contributed by atoms with Crippen LogP contribution in [0.3, 0.4) is 0 Å². The van der Waals surface area contributed by atoms with Crippen molar-refractivity contribution in [2.24, 2.45) is 0 Å². The molecule has 1 amide bonds. The highest BCUT2D eigenvalue weighted by Gasteiger charge is 2.29. The van der Waals surface area contributed by atoms with Gasteiger partial charge in [0.2, 0.25) is 5.91 Å². The van der Waals surface area contributed by atoms with Crippen LogP contribution in [0.1, 0.15) is 34.1 Å². The average molecular weight is 437 g/mol. The fourth-order valence-corrected chi connectivity index (χ4v) is 5.85. The number of rotatable bonds is 7. The lowest BCUT2D eigenvalue weighted by atomic mass is 10.0. The number of hydrogen-bond donors (Lipinski definition) is 1. The first kappa shape index (κ1) is 21.5. The molecule has 0 saturated carbocycles. The van der Waals surface area contributed by atoms with Crippen molar-refractivity contribution < 1.29 is 22.7 Å². The highest BCUT2D eigenvalue weighted by molar-refractivity contribution is 7.91. The van der Waals surface area contributed by atoms with Crippen molar-refractivity contribution in [2.75, 3.05) is 31.3 Å². The van der Waals surface area contributed by atoms with Gasteiger partial charge in [-0.3, -0.25) is 9.69 Å². The Kier molecular flexibility index (Phi) is 6.71. The normalized spacial score (nSPS) is 14.3. The summed E-state index contributed by atoms with van der Waals surface area (Å²) >= 11 is 1.36. The van der Waals surface area contributed by atoms with Crippen LogP contribution in [0.25, 0.3) is 0 Å². The first-order chi connectivity index (χ1) is 13.9. The molecule has 1 aliphatic heterocycles. The van der Waals surface area contributed by atoms with Crippen LogP contribution >= 0.6 is 11.3 Å². The SMILES string of the molecule is CCN1CCc2c(sc(NC(=O)CCS(=O)(=O)c3ccccc3)c2C(=O)OC)C1. The van der Waals surface area contributed by atoms with Gasteiger partial charge in [0, 0.05) is 24.4 Å². The lowest BCUT2D eigenvalue weighted by Gasteiger charge is -2.25. The molecule has 1 N–H and O–H groups in total. The summed E-state index contributed by atoms with van der Waals surface area (Å²) in [4.78, 5) is 28.3. The second-order valence-corrected chi connectivity index (χ2v) is 9.96. The first-order valence-corrected chi connectivity index (χ1v) is 11.9. The fraction of sp³-hybridized carbons (Fsp3) is 0.400. The quantitative estimate of drug-likeness (QED) is 0.671. The second kappa shape index (κ2) is 9.06. The number of ether oxygens (including phenoxy) is 1. The van der Waals surface area contributed by atoms with E-state index < -0.39 is 21.7 Å².